The normalized spacial score (nSPS) is 12.2. The highest BCUT2D eigenvalue weighted by Crippen LogP contribution is 2.15. The van der Waals surface area contributed by atoms with E-state index in [1.165, 1.54) is 11.1 Å². The van der Waals surface area contributed by atoms with Crippen LogP contribution >= 0.6 is 0 Å². The zero-order valence-electron chi connectivity index (χ0n) is 14.4. The molecule has 0 aliphatic rings. The first kappa shape index (κ1) is 17.3. The van der Waals surface area contributed by atoms with Crippen LogP contribution in [-0.2, 0) is 6.54 Å². The molecule has 0 radical (unpaired) electrons. The van der Waals surface area contributed by atoms with E-state index in [1.54, 1.807) is 7.11 Å². The third-order valence-electron chi connectivity index (χ3n) is 3.39. The summed E-state index contributed by atoms with van der Waals surface area (Å²) in [5.74, 6) is 4.33. The van der Waals surface area contributed by atoms with Gasteiger partial charge in [0.05, 0.1) is 13.2 Å². The summed E-state index contributed by atoms with van der Waals surface area (Å²) in [5, 5.41) is 3.57. The van der Waals surface area contributed by atoms with Crippen molar-refractivity contribution in [3.8, 4) is 17.2 Å². The Morgan fingerprint density at radius 2 is 1.65 bits per heavy atom. The van der Waals surface area contributed by atoms with E-state index < -0.39 is 8.07 Å². The van der Waals surface area contributed by atoms with Crippen molar-refractivity contribution in [2.24, 2.45) is 0 Å². The van der Waals surface area contributed by atoms with Gasteiger partial charge >= 0.3 is 0 Å². The van der Waals surface area contributed by atoms with Crippen molar-refractivity contribution in [1.29, 1.82) is 0 Å². The second-order valence-electron chi connectivity index (χ2n) is 6.59. The van der Waals surface area contributed by atoms with Gasteiger partial charge in [0.15, 0.2) is 0 Å². The Kier molecular flexibility index (Phi) is 6.03. The average Bonchev–Trinajstić information content (AvgIpc) is 2.55. The Balaban J connectivity index is 2.12. The maximum atomic E-state index is 5.20. The van der Waals surface area contributed by atoms with E-state index in [0.29, 0.717) is 0 Å². The van der Waals surface area contributed by atoms with Crippen LogP contribution in [-0.4, -0.2) is 15.2 Å². The molecule has 0 heterocycles. The van der Waals surface area contributed by atoms with Crippen LogP contribution in [0.25, 0.3) is 0 Å². The van der Waals surface area contributed by atoms with Crippen LogP contribution in [0.3, 0.4) is 0 Å². The standard InChI is InChI=1S/C20H25NOSi/c1-22-19-12-10-17(11-13-19)16-21-20(14-15-23(2,3)4)18-8-6-5-7-9-18/h5-13,20-21H,16H2,1-4H3. The highest BCUT2D eigenvalue weighted by atomic mass is 28.3. The van der Waals surface area contributed by atoms with Crippen molar-refractivity contribution in [1.82, 2.24) is 5.32 Å². The number of rotatable bonds is 5. The lowest BCUT2D eigenvalue weighted by molar-refractivity contribution is 0.414. The van der Waals surface area contributed by atoms with Crippen molar-refractivity contribution in [3.63, 3.8) is 0 Å². The zero-order valence-corrected chi connectivity index (χ0v) is 15.4. The second-order valence-corrected chi connectivity index (χ2v) is 11.3. The van der Waals surface area contributed by atoms with Gasteiger partial charge in [-0.3, -0.25) is 5.32 Å². The molecule has 1 N–H and O–H groups in total. The fourth-order valence-electron chi connectivity index (χ4n) is 2.15. The molecule has 0 aliphatic heterocycles. The minimum Gasteiger partial charge on any atom is -0.497 e. The molecule has 0 aromatic heterocycles. The lowest BCUT2D eigenvalue weighted by Gasteiger charge is -2.15. The zero-order chi connectivity index (χ0) is 16.7. The SMILES string of the molecule is COc1ccc(CNC(C#C[Si](C)(C)C)c2ccccc2)cc1. The molecule has 2 aromatic rings. The Labute approximate surface area is 140 Å². The third-order valence-corrected chi connectivity index (χ3v) is 4.29. The molecule has 2 rings (SSSR count). The van der Waals surface area contributed by atoms with E-state index >= 15 is 0 Å². The van der Waals surface area contributed by atoms with Crippen LogP contribution in [0.1, 0.15) is 17.2 Å². The number of nitrogens with one attached hydrogen (secondary N) is 1. The molecule has 3 heteroatoms. The lowest BCUT2D eigenvalue weighted by Crippen LogP contribution is -2.22. The molecule has 0 aliphatic carbocycles. The number of methoxy groups -OCH3 is 1. The van der Waals surface area contributed by atoms with Gasteiger partial charge in [-0.15, -0.1) is 5.54 Å². The van der Waals surface area contributed by atoms with Gasteiger partial charge in [0.2, 0.25) is 0 Å². The summed E-state index contributed by atoms with van der Waals surface area (Å²) in [4.78, 5) is 0. The summed E-state index contributed by atoms with van der Waals surface area (Å²) < 4.78 is 5.20. The summed E-state index contributed by atoms with van der Waals surface area (Å²) in [6.45, 7) is 7.59. The molecule has 120 valence electrons. The van der Waals surface area contributed by atoms with Crippen LogP contribution in [0, 0.1) is 11.5 Å². The first-order chi connectivity index (χ1) is 11.0. The maximum absolute atomic E-state index is 5.20. The minimum absolute atomic E-state index is 0.0602. The van der Waals surface area contributed by atoms with E-state index in [1.807, 2.05) is 18.2 Å². The highest BCUT2D eigenvalue weighted by Gasteiger charge is 2.11. The quantitative estimate of drug-likeness (QED) is 0.650. The fraction of sp³-hybridized carbons (Fsp3) is 0.300. The van der Waals surface area contributed by atoms with Gasteiger partial charge in [-0.05, 0) is 23.3 Å². The van der Waals surface area contributed by atoms with Crippen LogP contribution < -0.4 is 10.1 Å². The van der Waals surface area contributed by atoms with Gasteiger partial charge in [0, 0.05) is 6.54 Å². The van der Waals surface area contributed by atoms with Gasteiger partial charge in [-0.25, -0.2) is 0 Å². The van der Waals surface area contributed by atoms with Crippen LogP contribution in [0.5, 0.6) is 5.75 Å². The number of benzene rings is 2. The second kappa shape index (κ2) is 8.01. The van der Waals surface area contributed by atoms with Gasteiger partial charge < -0.3 is 4.74 Å². The molecular formula is C20H25NOSi. The van der Waals surface area contributed by atoms with Crippen molar-refractivity contribution >= 4 is 8.07 Å². The van der Waals surface area contributed by atoms with E-state index in [9.17, 15) is 0 Å². The monoisotopic (exact) mass is 323 g/mol. The topological polar surface area (TPSA) is 21.3 Å². The van der Waals surface area contributed by atoms with Crippen LogP contribution in [0.2, 0.25) is 19.6 Å². The van der Waals surface area contributed by atoms with Crippen LogP contribution in [0.15, 0.2) is 54.6 Å². The smallest absolute Gasteiger partial charge is 0.129 e. The molecule has 2 nitrogen and oxygen atoms in total. The highest BCUT2D eigenvalue weighted by molar-refractivity contribution is 6.83. The van der Waals surface area contributed by atoms with Crippen molar-refractivity contribution < 1.29 is 4.74 Å². The molecule has 0 amide bonds. The summed E-state index contributed by atoms with van der Waals surface area (Å²) >= 11 is 0. The molecule has 0 saturated heterocycles. The lowest BCUT2D eigenvalue weighted by atomic mass is 10.1. The van der Waals surface area contributed by atoms with Gasteiger partial charge in [0.25, 0.3) is 0 Å². The summed E-state index contributed by atoms with van der Waals surface area (Å²) in [5.41, 5.74) is 5.92. The van der Waals surface area contributed by atoms with Gasteiger partial charge in [0.1, 0.15) is 13.8 Å². The van der Waals surface area contributed by atoms with E-state index in [2.05, 4.69) is 72.8 Å². The van der Waals surface area contributed by atoms with E-state index in [4.69, 9.17) is 4.74 Å². The minimum atomic E-state index is -1.39. The van der Waals surface area contributed by atoms with Crippen LogP contribution in [0.4, 0.5) is 0 Å². The first-order valence-electron chi connectivity index (χ1n) is 7.92. The largest absolute Gasteiger partial charge is 0.497 e. The molecule has 0 fully saturated rings. The first-order valence-corrected chi connectivity index (χ1v) is 11.4. The molecule has 1 unspecified atom stereocenters. The molecule has 0 bridgehead atoms. The molecule has 0 spiro atoms. The molecule has 1 atom stereocenters. The van der Waals surface area contributed by atoms with Gasteiger partial charge in [-0.1, -0.05) is 68.0 Å². The van der Waals surface area contributed by atoms with Crippen molar-refractivity contribution in [3.05, 3.63) is 65.7 Å². The van der Waals surface area contributed by atoms with Crippen molar-refractivity contribution in [2.45, 2.75) is 32.2 Å². The number of hydrogen-bond acceptors (Lipinski definition) is 2. The number of ether oxygens (including phenoxy) is 1. The molecule has 23 heavy (non-hydrogen) atoms. The maximum Gasteiger partial charge on any atom is 0.129 e. The van der Waals surface area contributed by atoms with Gasteiger partial charge in [-0.2, -0.15) is 0 Å². The third kappa shape index (κ3) is 5.94. The Morgan fingerprint density at radius 1 is 1.00 bits per heavy atom. The molecule has 2 aromatic carbocycles. The summed E-state index contributed by atoms with van der Waals surface area (Å²) in [7, 11) is 0.294. The summed E-state index contributed by atoms with van der Waals surface area (Å²) in [6, 6.07) is 18.6. The average molecular weight is 324 g/mol. The summed E-state index contributed by atoms with van der Waals surface area (Å²) in [6.07, 6.45) is 0. The van der Waals surface area contributed by atoms with Crippen molar-refractivity contribution in [2.75, 3.05) is 7.11 Å². The predicted octanol–water partition coefficient (Wildman–Crippen LogP) is 4.41. The Morgan fingerprint density at radius 3 is 2.22 bits per heavy atom. The number of hydrogen-bond donors (Lipinski definition) is 1. The van der Waals surface area contributed by atoms with E-state index in [0.717, 1.165) is 12.3 Å². The fourth-order valence-corrected chi connectivity index (χ4v) is 2.73. The molecule has 0 saturated carbocycles. The Hall–Kier alpha value is -2.02. The Bertz CT molecular complexity index is 663. The predicted molar refractivity (Wildman–Crippen MR) is 100 cm³/mol. The molecular weight excluding hydrogens is 298 g/mol. The van der Waals surface area contributed by atoms with E-state index in [-0.39, 0.29) is 6.04 Å².